The lowest BCUT2D eigenvalue weighted by Gasteiger charge is -2.04. The SMILES string of the molecule is CCCC(=O)Nc1ccc(-c2nccs2)cc1. The predicted molar refractivity (Wildman–Crippen MR) is 71.1 cm³/mol. The zero-order valence-corrected chi connectivity index (χ0v) is 10.5. The molecule has 0 spiro atoms. The second kappa shape index (κ2) is 5.59. The third-order valence-electron chi connectivity index (χ3n) is 2.32. The van der Waals surface area contributed by atoms with Crippen LogP contribution in [0.1, 0.15) is 19.8 Å². The van der Waals surface area contributed by atoms with Gasteiger partial charge in [0.25, 0.3) is 0 Å². The zero-order chi connectivity index (χ0) is 12.1. The van der Waals surface area contributed by atoms with E-state index in [2.05, 4.69) is 10.3 Å². The fourth-order valence-corrected chi connectivity index (χ4v) is 2.16. The van der Waals surface area contributed by atoms with Crippen molar-refractivity contribution in [2.24, 2.45) is 0 Å². The Balaban J connectivity index is 2.06. The summed E-state index contributed by atoms with van der Waals surface area (Å²) in [5.74, 6) is 0.0644. The number of hydrogen-bond acceptors (Lipinski definition) is 3. The molecule has 88 valence electrons. The van der Waals surface area contributed by atoms with Gasteiger partial charge in [0, 0.05) is 29.2 Å². The van der Waals surface area contributed by atoms with Gasteiger partial charge in [-0.2, -0.15) is 0 Å². The number of amides is 1. The fourth-order valence-electron chi connectivity index (χ4n) is 1.51. The number of rotatable bonds is 4. The van der Waals surface area contributed by atoms with Gasteiger partial charge in [-0.15, -0.1) is 11.3 Å². The number of hydrogen-bond donors (Lipinski definition) is 1. The van der Waals surface area contributed by atoms with Gasteiger partial charge >= 0.3 is 0 Å². The molecule has 0 unspecified atom stereocenters. The van der Waals surface area contributed by atoms with E-state index in [0.717, 1.165) is 22.7 Å². The van der Waals surface area contributed by atoms with Gasteiger partial charge in [-0.05, 0) is 30.7 Å². The molecule has 1 heterocycles. The topological polar surface area (TPSA) is 42.0 Å². The van der Waals surface area contributed by atoms with Gasteiger partial charge in [0.15, 0.2) is 0 Å². The van der Waals surface area contributed by atoms with Crippen molar-refractivity contribution in [1.29, 1.82) is 0 Å². The second-order valence-corrected chi connectivity index (χ2v) is 4.61. The van der Waals surface area contributed by atoms with E-state index in [-0.39, 0.29) is 5.91 Å². The number of carbonyl (C=O) groups is 1. The number of nitrogens with one attached hydrogen (secondary N) is 1. The Bertz CT molecular complexity index is 477. The highest BCUT2D eigenvalue weighted by Crippen LogP contribution is 2.23. The Kier molecular flexibility index (Phi) is 3.88. The van der Waals surface area contributed by atoms with Crippen LogP contribution in [0.3, 0.4) is 0 Å². The van der Waals surface area contributed by atoms with Crippen molar-refractivity contribution < 1.29 is 4.79 Å². The minimum Gasteiger partial charge on any atom is -0.326 e. The zero-order valence-electron chi connectivity index (χ0n) is 9.64. The fraction of sp³-hybridized carbons (Fsp3) is 0.231. The van der Waals surface area contributed by atoms with Crippen molar-refractivity contribution in [1.82, 2.24) is 4.98 Å². The standard InChI is InChI=1S/C13H14N2OS/c1-2-3-12(16)15-11-6-4-10(5-7-11)13-14-8-9-17-13/h4-9H,2-3H2,1H3,(H,15,16). The van der Waals surface area contributed by atoms with Crippen LogP contribution < -0.4 is 5.32 Å². The lowest BCUT2D eigenvalue weighted by atomic mass is 10.2. The maximum absolute atomic E-state index is 11.4. The van der Waals surface area contributed by atoms with Crippen LogP contribution in [0, 0.1) is 0 Å². The molecule has 3 nitrogen and oxygen atoms in total. The lowest BCUT2D eigenvalue weighted by molar-refractivity contribution is -0.116. The quantitative estimate of drug-likeness (QED) is 0.896. The number of thiazole rings is 1. The molecule has 0 saturated heterocycles. The summed E-state index contributed by atoms with van der Waals surface area (Å²) in [7, 11) is 0. The number of nitrogens with zero attached hydrogens (tertiary/aromatic N) is 1. The Morgan fingerprint density at radius 2 is 2.12 bits per heavy atom. The van der Waals surface area contributed by atoms with Gasteiger partial charge < -0.3 is 5.32 Å². The molecule has 0 aliphatic rings. The number of aromatic nitrogens is 1. The summed E-state index contributed by atoms with van der Waals surface area (Å²) in [4.78, 5) is 15.6. The molecule has 1 amide bonds. The van der Waals surface area contributed by atoms with E-state index < -0.39 is 0 Å². The largest absolute Gasteiger partial charge is 0.326 e. The molecule has 0 aliphatic heterocycles. The molecule has 1 aromatic carbocycles. The number of anilines is 1. The van der Waals surface area contributed by atoms with E-state index in [1.54, 1.807) is 17.5 Å². The summed E-state index contributed by atoms with van der Waals surface area (Å²) >= 11 is 1.61. The molecular formula is C13H14N2OS. The highest BCUT2D eigenvalue weighted by atomic mass is 32.1. The van der Waals surface area contributed by atoms with E-state index in [9.17, 15) is 4.79 Å². The van der Waals surface area contributed by atoms with E-state index in [1.165, 1.54) is 0 Å². The van der Waals surface area contributed by atoms with Crippen LogP contribution in [0.15, 0.2) is 35.8 Å². The van der Waals surface area contributed by atoms with Crippen LogP contribution in [0.4, 0.5) is 5.69 Å². The van der Waals surface area contributed by atoms with Crippen LogP contribution in [0.2, 0.25) is 0 Å². The van der Waals surface area contributed by atoms with Gasteiger partial charge in [0.1, 0.15) is 5.01 Å². The summed E-state index contributed by atoms with van der Waals surface area (Å²) in [6.45, 7) is 1.99. The average Bonchev–Trinajstić information content (AvgIpc) is 2.84. The van der Waals surface area contributed by atoms with Gasteiger partial charge in [0.05, 0.1) is 0 Å². The molecule has 0 atom stereocenters. The first-order valence-electron chi connectivity index (χ1n) is 5.59. The molecule has 1 aromatic heterocycles. The van der Waals surface area contributed by atoms with Crippen LogP contribution in [-0.2, 0) is 4.79 Å². The number of carbonyl (C=O) groups excluding carboxylic acids is 1. The van der Waals surface area contributed by atoms with Gasteiger partial charge in [-0.25, -0.2) is 4.98 Å². The Hall–Kier alpha value is -1.68. The summed E-state index contributed by atoms with van der Waals surface area (Å²) in [5, 5.41) is 5.81. The Morgan fingerprint density at radius 1 is 1.35 bits per heavy atom. The Labute approximate surface area is 105 Å². The average molecular weight is 246 g/mol. The number of benzene rings is 1. The van der Waals surface area contributed by atoms with Gasteiger partial charge in [-0.3, -0.25) is 4.79 Å². The Morgan fingerprint density at radius 3 is 2.71 bits per heavy atom. The first-order chi connectivity index (χ1) is 8.29. The molecule has 0 bridgehead atoms. The van der Waals surface area contributed by atoms with Crippen LogP contribution in [0.5, 0.6) is 0 Å². The van der Waals surface area contributed by atoms with Crippen LogP contribution >= 0.6 is 11.3 Å². The first kappa shape index (κ1) is 11.8. The molecule has 17 heavy (non-hydrogen) atoms. The molecule has 2 aromatic rings. The van der Waals surface area contributed by atoms with E-state index >= 15 is 0 Å². The molecule has 0 saturated carbocycles. The minimum absolute atomic E-state index is 0.0644. The van der Waals surface area contributed by atoms with Gasteiger partial charge in [-0.1, -0.05) is 6.92 Å². The molecule has 0 aliphatic carbocycles. The summed E-state index contributed by atoms with van der Waals surface area (Å²) < 4.78 is 0. The summed E-state index contributed by atoms with van der Waals surface area (Å²) in [6, 6.07) is 7.76. The smallest absolute Gasteiger partial charge is 0.224 e. The van der Waals surface area contributed by atoms with Crippen molar-refractivity contribution in [3.8, 4) is 10.6 Å². The minimum atomic E-state index is 0.0644. The van der Waals surface area contributed by atoms with E-state index in [1.807, 2.05) is 36.6 Å². The maximum atomic E-state index is 11.4. The summed E-state index contributed by atoms with van der Waals surface area (Å²) in [5.41, 5.74) is 1.91. The summed E-state index contributed by atoms with van der Waals surface area (Å²) in [6.07, 6.45) is 3.22. The highest BCUT2D eigenvalue weighted by molar-refractivity contribution is 7.13. The van der Waals surface area contributed by atoms with Crippen LogP contribution in [0.25, 0.3) is 10.6 Å². The van der Waals surface area contributed by atoms with E-state index in [4.69, 9.17) is 0 Å². The molecule has 1 N–H and O–H groups in total. The van der Waals surface area contributed by atoms with Crippen molar-refractivity contribution in [2.75, 3.05) is 5.32 Å². The predicted octanol–water partition coefficient (Wildman–Crippen LogP) is 3.55. The molecular weight excluding hydrogens is 232 g/mol. The van der Waals surface area contributed by atoms with Crippen LogP contribution in [-0.4, -0.2) is 10.9 Å². The third-order valence-corrected chi connectivity index (χ3v) is 3.15. The molecule has 0 fully saturated rings. The van der Waals surface area contributed by atoms with Crippen molar-refractivity contribution in [3.05, 3.63) is 35.8 Å². The van der Waals surface area contributed by atoms with Gasteiger partial charge in [0.2, 0.25) is 5.91 Å². The van der Waals surface area contributed by atoms with Crippen molar-refractivity contribution in [3.63, 3.8) is 0 Å². The third kappa shape index (κ3) is 3.14. The maximum Gasteiger partial charge on any atom is 0.224 e. The molecule has 2 rings (SSSR count). The normalized spacial score (nSPS) is 10.2. The second-order valence-electron chi connectivity index (χ2n) is 3.71. The van der Waals surface area contributed by atoms with Crippen molar-refractivity contribution in [2.45, 2.75) is 19.8 Å². The first-order valence-corrected chi connectivity index (χ1v) is 6.47. The van der Waals surface area contributed by atoms with E-state index in [0.29, 0.717) is 6.42 Å². The molecule has 0 radical (unpaired) electrons. The molecule has 4 heteroatoms. The highest BCUT2D eigenvalue weighted by Gasteiger charge is 2.02. The monoisotopic (exact) mass is 246 g/mol. The van der Waals surface area contributed by atoms with Crippen molar-refractivity contribution >= 4 is 22.9 Å². The lowest BCUT2D eigenvalue weighted by Crippen LogP contribution is -2.10.